The van der Waals surface area contributed by atoms with Gasteiger partial charge in [0.05, 0.1) is 11.6 Å². The molecule has 8 heteroatoms. The SMILES string of the molecule is C[Si](C)(CCCn1c2ccccc2c2ccccc21)O[Si](C)(C)O[Si](C)(C)CCCn1c2ccccc2c2cc(/C=C/c3ccc(C#N)cc3)ccc21. The number of hydrogen-bond donors (Lipinski definition) is 0. The number of para-hydroxylation sites is 3. The van der Waals surface area contributed by atoms with Crippen molar-refractivity contribution in [2.45, 2.75) is 77.3 Å². The molecule has 0 N–H and O–H groups in total. The number of aromatic nitrogens is 2. The Bertz CT molecular complexity index is 2410. The van der Waals surface area contributed by atoms with Gasteiger partial charge >= 0.3 is 8.56 Å². The van der Waals surface area contributed by atoms with E-state index in [1.807, 2.05) is 24.3 Å². The van der Waals surface area contributed by atoms with Crippen LogP contribution in [0.4, 0.5) is 0 Å². The van der Waals surface area contributed by atoms with Crippen LogP contribution in [0.5, 0.6) is 0 Å². The van der Waals surface area contributed by atoms with Crippen LogP contribution in [0.2, 0.25) is 51.4 Å². The third kappa shape index (κ3) is 8.35. The summed E-state index contributed by atoms with van der Waals surface area (Å²) >= 11 is 0. The molecule has 0 amide bonds. The summed E-state index contributed by atoms with van der Waals surface area (Å²) in [5.74, 6) is 0. The summed E-state index contributed by atoms with van der Waals surface area (Å²) in [6.07, 6.45) is 6.43. The summed E-state index contributed by atoms with van der Waals surface area (Å²) in [4.78, 5) is 0. The first-order valence-corrected chi connectivity index (χ1v) is 28.0. The monoisotopic (exact) mass is 749 g/mol. The van der Waals surface area contributed by atoms with E-state index in [1.54, 1.807) is 0 Å². The number of fused-ring (bicyclic) bond motifs is 6. The molecule has 0 radical (unpaired) electrons. The van der Waals surface area contributed by atoms with Crippen LogP contribution in [0.1, 0.15) is 29.5 Å². The summed E-state index contributed by atoms with van der Waals surface area (Å²) < 4.78 is 19.1. The predicted octanol–water partition coefficient (Wildman–Crippen LogP) is 12.6. The van der Waals surface area contributed by atoms with E-state index in [-0.39, 0.29) is 0 Å². The van der Waals surface area contributed by atoms with E-state index >= 15 is 0 Å². The highest BCUT2D eigenvalue weighted by molar-refractivity contribution is 6.87. The maximum atomic E-state index is 9.11. The predicted molar refractivity (Wildman–Crippen MR) is 232 cm³/mol. The fourth-order valence-electron chi connectivity index (χ4n) is 8.30. The van der Waals surface area contributed by atoms with Crippen molar-refractivity contribution in [3.63, 3.8) is 0 Å². The largest absolute Gasteiger partial charge is 0.437 e. The maximum absolute atomic E-state index is 9.11. The smallest absolute Gasteiger partial charge is 0.311 e. The molecule has 0 aliphatic heterocycles. The second-order valence-electron chi connectivity index (χ2n) is 16.0. The van der Waals surface area contributed by atoms with Crippen LogP contribution in [0.15, 0.2) is 115 Å². The Morgan fingerprint density at radius 2 is 0.943 bits per heavy atom. The zero-order chi connectivity index (χ0) is 37.2. The molecule has 0 aliphatic rings. The van der Waals surface area contributed by atoms with Crippen molar-refractivity contribution >= 4 is 81.0 Å². The van der Waals surface area contributed by atoms with Gasteiger partial charge in [0, 0.05) is 56.7 Å². The van der Waals surface area contributed by atoms with Gasteiger partial charge in [0.2, 0.25) is 0 Å². The van der Waals surface area contributed by atoms with E-state index in [1.165, 1.54) is 43.6 Å². The van der Waals surface area contributed by atoms with Crippen molar-refractivity contribution < 1.29 is 8.23 Å². The molecule has 7 rings (SSSR count). The van der Waals surface area contributed by atoms with Crippen molar-refractivity contribution in [2.75, 3.05) is 0 Å². The maximum Gasteiger partial charge on any atom is 0.311 e. The summed E-state index contributed by atoms with van der Waals surface area (Å²) in [5.41, 5.74) is 8.11. The molecule has 0 fully saturated rings. The summed E-state index contributed by atoms with van der Waals surface area (Å²) in [7, 11) is -6.27. The summed E-state index contributed by atoms with van der Waals surface area (Å²) in [5, 5.41) is 14.4. The molecule has 0 saturated carbocycles. The van der Waals surface area contributed by atoms with Gasteiger partial charge < -0.3 is 17.4 Å². The zero-order valence-electron chi connectivity index (χ0n) is 32.0. The van der Waals surface area contributed by atoms with E-state index in [2.05, 4.69) is 158 Å². The van der Waals surface area contributed by atoms with Gasteiger partial charge in [-0.25, -0.2) is 0 Å². The van der Waals surface area contributed by atoms with E-state index in [0.29, 0.717) is 5.56 Å². The highest BCUT2D eigenvalue weighted by Crippen LogP contribution is 2.33. The average Bonchev–Trinajstić information content (AvgIpc) is 3.62. The number of benzene rings is 5. The number of aryl methyl sites for hydroxylation is 2. The van der Waals surface area contributed by atoms with Gasteiger partial charge in [0.1, 0.15) is 0 Å². The average molecular weight is 750 g/mol. The highest BCUT2D eigenvalue weighted by Gasteiger charge is 2.39. The summed E-state index contributed by atoms with van der Waals surface area (Å²) in [6, 6.07) is 45.2. The third-order valence-corrected chi connectivity index (χ3v) is 21.8. The number of hydrogen-bond acceptors (Lipinski definition) is 3. The van der Waals surface area contributed by atoms with E-state index < -0.39 is 25.2 Å². The van der Waals surface area contributed by atoms with E-state index in [0.717, 1.165) is 49.1 Å². The fourth-order valence-corrected chi connectivity index (χ4v) is 22.3. The quantitative estimate of drug-likeness (QED) is 0.0822. The molecule has 5 nitrogen and oxygen atoms in total. The first kappa shape index (κ1) is 36.8. The molecule has 0 spiro atoms. The Morgan fingerprint density at radius 1 is 0.528 bits per heavy atom. The molecule has 2 aromatic heterocycles. The first-order valence-electron chi connectivity index (χ1n) is 19.0. The van der Waals surface area contributed by atoms with Crippen molar-refractivity contribution in [1.29, 1.82) is 5.26 Å². The molecule has 0 atom stereocenters. The first-order chi connectivity index (χ1) is 25.4. The lowest BCUT2D eigenvalue weighted by molar-refractivity contribution is 0.385. The molecule has 0 unspecified atom stereocenters. The van der Waals surface area contributed by atoms with Crippen molar-refractivity contribution in [3.8, 4) is 6.07 Å². The molecule has 0 bridgehead atoms. The van der Waals surface area contributed by atoms with Crippen molar-refractivity contribution in [1.82, 2.24) is 9.13 Å². The zero-order valence-corrected chi connectivity index (χ0v) is 35.0. The van der Waals surface area contributed by atoms with Gasteiger partial charge in [-0.1, -0.05) is 84.9 Å². The van der Waals surface area contributed by atoms with Crippen LogP contribution in [0, 0.1) is 11.3 Å². The number of rotatable bonds is 14. The van der Waals surface area contributed by atoms with Gasteiger partial charge in [-0.2, -0.15) is 5.26 Å². The van der Waals surface area contributed by atoms with Crippen LogP contribution in [0.3, 0.4) is 0 Å². The molecule has 0 saturated heterocycles. The normalized spacial score (nSPS) is 12.8. The lowest BCUT2D eigenvalue weighted by Gasteiger charge is -2.39. The van der Waals surface area contributed by atoms with Gasteiger partial charge in [-0.15, -0.1) is 0 Å². The standard InChI is InChI=1S/C45H51N3O2Si3/c1-51(2,31-13-29-47-42-18-10-7-15-38(42)39-16-8-11-19-43(39)47)49-53(5,6)50-52(3,4)32-14-30-48-44-20-12-9-17-40(44)41-33-36(27-28-45(41)48)24-21-35-22-25-37(34-46)26-23-35/h7-12,15-28,33H,13-14,29-32H2,1-6H3/b24-21+. The lowest BCUT2D eigenvalue weighted by Crippen LogP contribution is -2.52. The van der Waals surface area contributed by atoms with Gasteiger partial charge in [-0.3, -0.25) is 0 Å². The summed E-state index contributed by atoms with van der Waals surface area (Å²) in [6.45, 7) is 16.0. The van der Waals surface area contributed by atoms with Gasteiger partial charge in [-0.05, 0) is 118 Å². The Hall–Kier alpha value is -4.50. The van der Waals surface area contributed by atoms with Crippen LogP contribution in [0.25, 0.3) is 55.8 Å². The van der Waals surface area contributed by atoms with E-state index in [9.17, 15) is 0 Å². The van der Waals surface area contributed by atoms with Crippen LogP contribution in [-0.4, -0.2) is 34.3 Å². The van der Waals surface area contributed by atoms with Crippen LogP contribution in [-0.2, 0) is 21.3 Å². The molecule has 5 aromatic carbocycles. The Kier molecular flexibility index (Phi) is 10.5. The third-order valence-electron chi connectivity index (χ3n) is 10.3. The van der Waals surface area contributed by atoms with E-state index in [4.69, 9.17) is 13.5 Å². The number of nitriles is 1. The van der Waals surface area contributed by atoms with Gasteiger partial charge in [0.25, 0.3) is 0 Å². The molecular weight excluding hydrogens is 699 g/mol. The van der Waals surface area contributed by atoms with Crippen molar-refractivity contribution in [2.24, 2.45) is 0 Å². The second-order valence-corrected chi connectivity index (χ2v) is 28.5. The minimum atomic E-state index is -2.34. The Labute approximate surface area is 317 Å². The Morgan fingerprint density at radius 3 is 1.43 bits per heavy atom. The topological polar surface area (TPSA) is 52.1 Å². The minimum absolute atomic E-state index is 0.678. The van der Waals surface area contributed by atoms with Crippen molar-refractivity contribution in [3.05, 3.63) is 132 Å². The lowest BCUT2D eigenvalue weighted by atomic mass is 10.1. The molecule has 7 aromatic rings. The van der Waals surface area contributed by atoms with Crippen LogP contribution < -0.4 is 0 Å². The van der Waals surface area contributed by atoms with Crippen LogP contribution >= 0.6 is 0 Å². The molecular formula is C45H51N3O2Si3. The molecule has 270 valence electrons. The molecule has 53 heavy (non-hydrogen) atoms. The molecule has 0 aliphatic carbocycles. The highest BCUT2D eigenvalue weighted by atomic mass is 28.5. The van der Waals surface area contributed by atoms with Gasteiger partial charge in [0.15, 0.2) is 16.6 Å². The number of nitrogens with zero attached hydrogens (tertiary/aromatic N) is 3. The Balaban J connectivity index is 0.973. The second kappa shape index (κ2) is 15.1. The fraction of sp³-hybridized carbons (Fsp3) is 0.267. The molecule has 2 heterocycles. The minimum Gasteiger partial charge on any atom is -0.437 e.